The van der Waals surface area contributed by atoms with E-state index in [1.807, 2.05) is 30.3 Å². The quantitative estimate of drug-likeness (QED) is 0.571. The Balaban J connectivity index is 2.17. The summed E-state index contributed by atoms with van der Waals surface area (Å²) in [5, 5.41) is 1.11. The predicted octanol–water partition coefficient (Wildman–Crippen LogP) is 3.55. The van der Waals surface area contributed by atoms with Crippen molar-refractivity contribution in [1.29, 1.82) is 0 Å². The number of nitrogens with zero attached hydrogens (tertiary/aromatic N) is 1. The van der Waals surface area contributed by atoms with Crippen molar-refractivity contribution >= 4 is 26.8 Å². The summed E-state index contributed by atoms with van der Waals surface area (Å²) in [5.41, 5.74) is 6.11. The van der Waals surface area contributed by atoms with Crippen LogP contribution >= 0.6 is 15.9 Å². The van der Waals surface area contributed by atoms with Crippen molar-refractivity contribution in [3.05, 3.63) is 76.4 Å². The van der Waals surface area contributed by atoms with Crippen LogP contribution in [0, 0.1) is 0 Å². The highest BCUT2D eigenvalue weighted by Gasteiger charge is 2.15. The Kier molecular flexibility index (Phi) is 3.78. The van der Waals surface area contributed by atoms with Crippen LogP contribution in [0.25, 0.3) is 10.9 Å². The molecule has 4 heteroatoms. The van der Waals surface area contributed by atoms with Gasteiger partial charge >= 0.3 is 0 Å². The summed E-state index contributed by atoms with van der Waals surface area (Å²) in [6, 6.07) is 18.2. The Morgan fingerprint density at radius 1 is 1.05 bits per heavy atom. The number of rotatable bonds is 3. The molecule has 0 saturated heterocycles. The summed E-state index contributed by atoms with van der Waals surface area (Å²) in [6.07, 6.45) is 1.80. The zero-order valence-electron chi connectivity index (χ0n) is 10.8. The van der Waals surface area contributed by atoms with Gasteiger partial charge in [0.1, 0.15) is 0 Å². The summed E-state index contributed by atoms with van der Waals surface area (Å²) >= 11 is 3.50. The molecule has 3 nitrogen and oxygen atoms in total. The molecule has 1 unspecified atom stereocenters. The van der Waals surface area contributed by atoms with Gasteiger partial charge in [-0.1, -0.05) is 46.3 Å². The highest BCUT2D eigenvalue weighted by atomic mass is 79.9. The first-order valence-electron chi connectivity index (χ1n) is 6.35. The van der Waals surface area contributed by atoms with Crippen LogP contribution in [0.2, 0.25) is 0 Å². The maximum Gasteiger partial charge on any atom is 0.0717 e. The van der Waals surface area contributed by atoms with E-state index in [0.29, 0.717) is 0 Å². The van der Waals surface area contributed by atoms with E-state index in [9.17, 15) is 0 Å². The summed E-state index contributed by atoms with van der Waals surface area (Å²) in [7, 11) is 0. The molecule has 1 heterocycles. The molecule has 0 aliphatic rings. The average molecular weight is 328 g/mol. The van der Waals surface area contributed by atoms with Crippen LogP contribution in [0.1, 0.15) is 17.2 Å². The normalized spacial score (nSPS) is 12.5. The van der Waals surface area contributed by atoms with E-state index in [2.05, 4.69) is 50.6 Å². The molecule has 1 atom stereocenters. The van der Waals surface area contributed by atoms with Crippen molar-refractivity contribution in [1.82, 2.24) is 10.4 Å². The standard InChI is InChI=1S/C16H14BrN3/c17-12-5-1-4-11(10-12)16(20-18)14-6-2-8-15-13(14)7-3-9-19-15/h1-10,16,20H,18H2. The van der Waals surface area contributed by atoms with Gasteiger partial charge in [0.25, 0.3) is 0 Å². The summed E-state index contributed by atoms with van der Waals surface area (Å²) < 4.78 is 1.04. The fraction of sp³-hybridized carbons (Fsp3) is 0.0625. The van der Waals surface area contributed by atoms with Gasteiger partial charge in [0.2, 0.25) is 0 Å². The van der Waals surface area contributed by atoms with Crippen molar-refractivity contribution < 1.29 is 0 Å². The number of pyridine rings is 1. The Labute approximate surface area is 125 Å². The van der Waals surface area contributed by atoms with E-state index >= 15 is 0 Å². The lowest BCUT2D eigenvalue weighted by Crippen LogP contribution is -2.29. The van der Waals surface area contributed by atoms with Crippen molar-refractivity contribution in [2.24, 2.45) is 5.84 Å². The third-order valence-corrected chi connectivity index (χ3v) is 3.83. The number of fused-ring (bicyclic) bond motifs is 1. The molecule has 0 aliphatic heterocycles. The van der Waals surface area contributed by atoms with Gasteiger partial charge in [0.05, 0.1) is 11.6 Å². The van der Waals surface area contributed by atoms with Crippen LogP contribution in [0.3, 0.4) is 0 Å². The smallest absolute Gasteiger partial charge is 0.0717 e. The van der Waals surface area contributed by atoms with Gasteiger partial charge in [-0.2, -0.15) is 0 Å². The first kappa shape index (κ1) is 13.2. The van der Waals surface area contributed by atoms with Crippen LogP contribution in [-0.4, -0.2) is 4.98 Å². The maximum absolute atomic E-state index is 5.79. The van der Waals surface area contributed by atoms with E-state index in [1.165, 1.54) is 0 Å². The Bertz CT molecular complexity index is 737. The fourth-order valence-corrected chi connectivity index (χ4v) is 2.85. The van der Waals surface area contributed by atoms with Crippen LogP contribution in [-0.2, 0) is 0 Å². The highest BCUT2D eigenvalue weighted by molar-refractivity contribution is 9.10. The Morgan fingerprint density at radius 2 is 1.90 bits per heavy atom. The molecule has 0 saturated carbocycles. The summed E-state index contributed by atoms with van der Waals surface area (Å²) in [4.78, 5) is 4.39. The zero-order valence-corrected chi connectivity index (χ0v) is 12.3. The molecule has 3 N–H and O–H groups in total. The number of benzene rings is 2. The molecule has 2 aromatic carbocycles. The monoisotopic (exact) mass is 327 g/mol. The molecule has 0 amide bonds. The van der Waals surface area contributed by atoms with Gasteiger partial charge in [0.15, 0.2) is 0 Å². The van der Waals surface area contributed by atoms with Gasteiger partial charge in [-0.05, 0) is 35.4 Å². The number of hydrogen-bond acceptors (Lipinski definition) is 3. The number of nitrogens with one attached hydrogen (secondary N) is 1. The van der Waals surface area contributed by atoms with Gasteiger partial charge in [-0.25, -0.2) is 5.43 Å². The lowest BCUT2D eigenvalue weighted by atomic mass is 9.96. The van der Waals surface area contributed by atoms with Crippen molar-refractivity contribution in [3.63, 3.8) is 0 Å². The molecule has 0 aliphatic carbocycles. The average Bonchev–Trinajstić information content (AvgIpc) is 2.48. The zero-order chi connectivity index (χ0) is 13.9. The largest absolute Gasteiger partial charge is 0.271 e. The van der Waals surface area contributed by atoms with Gasteiger partial charge in [-0.15, -0.1) is 0 Å². The minimum atomic E-state index is -0.0691. The first-order chi connectivity index (χ1) is 9.79. The maximum atomic E-state index is 5.79. The van der Waals surface area contributed by atoms with Crippen LogP contribution in [0.15, 0.2) is 65.3 Å². The van der Waals surface area contributed by atoms with E-state index in [1.54, 1.807) is 6.20 Å². The number of halogens is 1. The molecule has 0 bridgehead atoms. The molecule has 0 radical (unpaired) electrons. The third kappa shape index (κ3) is 2.45. The number of nitrogens with two attached hydrogens (primary N) is 1. The topological polar surface area (TPSA) is 50.9 Å². The number of aromatic nitrogens is 1. The Hall–Kier alpha value is -1.75. The molecule has 0 fully saturated rings. The van der Waals surface area contributed by atoms with Crippen LogP contribution < -0.4 is 11.3 Å². The predicted molar refractivity (Wildman–Crippen MR) is 85.1 cm³/mol. The fourth-order valence-electron chi connectivity index (χ4n) is 2.43. The van der Waals surface area contributed by atoms with Crippen molar-refractivity contribution in [2.45, 2.75) is 6.04 Å². The van der Waals surface area contributed by atoms with Gasteiger partial charge < -0.3 is 0 Å². The molecule has 3 rings (SSSR count). The first-order valence-corrected chi connectivity index (χ1v) is 7.14. The summed E-state index contributed by atoms with van der Waals surface area (Å²) in [6.45, 7) is 0. The second-order valence-electron chi connectivity index (χ2n) is 4.57. The number of hydrazine groups is 1. The molecule has 1 aromatic heterocycles. The molecular formula is C16H14BrN3. The van der Waals surface area contributed by atoms with Crippen molar-refractivity contribution in [3.8, 4) is 0 Å². The lowest BCUT2D eigenvalue weighted by Gasteiger charge is -2.19. The SMILES string of the molecule is NNC(c1cccc(Br)c1)c1cccc2ncccc12. The summed E-state index contributed by atoms with van der Waals surface area (Å²) in [5.74, 6) is 5.79. The van der Waals surface area contributed by atoms with E-state index in [-0.39, 0.29) is 6.04 Å². The third-order valence-electron chi connectivity index (χ3n) is 3.34. The van der Waals surface area contributed by atoms with E-state index in [4.69, 9.17) is 5.84 Å². The van der Waals surface area contributed by atoms with Gasteiger partial charge in [0, 0.05) is 16.1 Å². The molecule has 3 aromatic rings. The lowest BCUT2D eigenvalue weighted by molar-refractivity contribution is 0.640. The Morgan fingerprint density at radius 3 is 2.70 bits per heavy atom. The number of hydrogen-bond donors (Lipinski definition) is 2. The van der Waals surface area contributed by atoms with E-state index in [0.717, 1.165) is 26.5 Å². The molecule has 20 heavy (non-hydrogen) atoms. The minimum absolute atomic E-state index is 0.0691. The molecule has 0 spiro atoms. The van der Waals surface area contributed by atoms with Gasteiger partial charge in [-0.3, -0.25) is 10.8 Å². The van der Waals surface area contributed by atoms with Crippen LogP contribution in [0.5, 0.6) is 0 Å². The highest BCUT2D eigenvalue weighted by Crippen LogP contribution is 2.28. The second-order valence-corrected chi connectivity index (χ2v) is 5.49. The second kappa shape index (κ2) is 5.71. The molecular weight excluding hydrogens is 314 g/mol. The minimum Gasteiger partial charge on any atom is -0.271 e. The van der Waals surface area contributed by atoms with Crippen molar-refractivity contribution in [2.75, 3.05) is 0 Å². The van der Waals surface area contributed by atoms with E-state index < -0.39 is 0 Å². The molecule has 100 valence electrons. The van der Waals surface area contributed by atoms with Crippen LogP contribution in [0.4, 0.5) is 0 Å².